The zero-order chi connectivity index (χ0) is 22.8. The van der Waals surface area contributed by atoms with Gasteiger partial charge in [0.2, 0.25) is 11.7 Å². The van der Waals surface area contributed by atoms with Crippen molar-refractivity contribution in [3.05, 3.63) is 66.4 Å². The van der Waals surface area contributed by atoms with E-state index in [4.69, 9.17) is 9.52 Å². The molecule has 0 aliphatic heterocycles. The Morgan fingerprint density at radius 3 is 2.45 bits per heavy atom. The smallest absolute Gasteiger partial charge is 0.405 e. The third-order valence-electron chi connectivity index (χ3n) is 6.16. The molecule has 0 atom stereocenters. The molecular formula is C25H24N4O4. The van der Waals surface area contributed by atoms with Crippen LogP contribution in [0, 0.1) is 0 Å². The van der Waals surface area contributed by atoms with Gasteiger partial charge in [-0.1, -0.05) is 54.6 Å². The molecule has 1 aliphatic rings. The van der Waals surface area contributed by atoms with Crippen molar-refractivity contribution in [1.82, 2.24) is 15.3 Å². The Kier molecular flexibility index (Phi) is 5.43. The lowest BCUT2D eigenvalue weighted by atomic mass is 9.72. The molecule has 1 amide bonds. The second-order valence-electron chi connectivity index (χ2n) is 8.18. The molecule has 0 radical (unpaired) electrons. The van der Waals surface area contributed by atoms with Gasteiger partial charge in [-0.05, 0) is 30.4 Å². The molecule has 0 bridgehead atoms. The molecule has 33 heavy (non-hydrogen) atoms. The summed E-state index contributed by atoms with van der Waals surface area (Å²) in [5, 5.41) is 24.8. The van der Waals surface area contributed by atoms with Crippen molar-refractivity contribution in [2.24, 2.45) is 0 Å². The number of fused-ring (bicyclic) bond motifs is 1. The highest BCUT2D eigenvalue weighted by molar-refractivity contribution is 6.00. The van der Waals surface area contributed by atoms with Crippen molar-refractivity contribution in [2.75, 3.05) is 18.5 Å². The van der Waals surface area contributed by atoms with Crippen molar-refractivity contribution >= 4 is 23.1 Å². The molecule has 4 N–H and O–H groups in total. The van der Waals surface area contributed by atoms with Crippen LogP contribution < -0.4 is 10.6 Å². The minimum absolute atomic E-state index is 0.0232. The second-order valence-corrected chi connectivity index (χ2v) is 8.18. The molecule has 0 saturated heterocycles. The monoisotopic (exact) mass is 444 g/mol. The molecule has 2 heterocycles. The molecular weight excluding hydrogens is 420 g/mol. The normalized spacial score (nSPS) is 14.6. The zero-order valence-corrected chi connectivity index (χ0v) is 17.9. The molecule has 2 aromatic carbocycles. The van der Waals surface area contributed by atoms with E-state index in [9.17, 15) is 9.90 Å². The molecule has 4 aromatic rings. The Morgan fingerprint density at radius 2 is 1.82 bits per heavy atom. The second kappa shape index (κ2) is 8.55. The van der Waals surface area contributed by atoms with Crippen molar-refractivity contribution in [2.45, 2.75) is 24.8 Å². The first kappa shape index (κ1) is 21.0. The van der Waals surface area contributed by atoms with E-state index in [0.29, 0.717) is 24.0 Å². The van der Waals surface area contributed by atoms with E-state index in [1.807, 2.05) is 54.6 Å². The standard InChI is InChI=1S/C25H24N4O4/c30-14-13-26-23-27-15-19-20(16-5-2-1-3-6-16)21(33-22(19)28-23)17-7-9-18(10-8-17)25(11-4-12-25)29-24(31)32/h1-3,5-10,15,29-30H,4,11-14H2,(H,31,32)(H,26,27,28). The fraction of sp³-hybridized carbons (Fsp3) is 0.240. The van der Waals surface area contributed by atoms with E-state index >= 15 is 0 Å². The SMILES string of the molecule is O=C(O)NC1(c2ccc(-c3oc4nc(NCCO)ncc4c3-c3ccccc3)cc2)CCC1. The van der Waals surface area contributed by atoms with Crippen LogP contribution in [-0.2, 0) is 5.54 Å². The number of amides is 1. The van der Waals surface area contributed by atoms with Crippen molar-refractivity contribution in [3.63, 3.8) is 0 Å². The van der Waals surface area contributed by atoms with Crippen LogP contribution in [0.15, 0.2) is 65.2 Å². The van der Waals surface area contributed by atoms with Gasteiger partial charge in [-0.2, -0.15) is 4.98 Å². The Hall–Kier alpha value is -3.91. The van der Waals surface area contributed by atoms with Gasteiger partial charge in [0.05, 0.1) is 17.5 Å². The van der Waals surface area contributed by atoms with Gasteiger partial charge in [0, 0.05) is 23.9 Å². The van der Waals surface area contributed by atoms with Gasteiger partial charge < -0.3 is 25.3 Å². The topological polar surface area (TPSA) is 121 Å². The van der Waals surface area contributed by atoms with Crippen LogP contribution in [0.25, 0.3) is 33.6 Å². The maximum absolute atomic E-state index is 11.3. The van der Waals surface area contributed by atoms with Crippen LogP contribution in [0.1, 0.15) is 24.8 Å². The van der Waals surface area contributed by atoms with Crippen LogP contribution in [0.2, 0.25) is 0 Å². The average Bonchev–Trinajstić information content (AvgIpc) is 3.19. The molecule has 2 aromatic heterocycles. The quantitative estimate of drug-likeness (QED) is 0.328. The maximum Gasteiger partial charge on any atom is 0.405 e. The number of aromatic nitrogens is 2. The predicted molar refractivity (Wildman–Crippen MR) is 125 cm³/mol. The van der Waals surface area contributed by atoms with Crippen LogP contribution in [0.5, 0.6) is 0 Å². The number of benzene rings is 2. The number of aliphatic hydroxyl groups excluding tert-OH is 1. The summed E-state index contributed by atoms with van der Waals surface area (Å²) in [6.07, 6.45) is 3.29. The van der Waals surface area contributed by atoms with Gasteiger partial charge in [-0.25, -0.2) is 9.78 Å². The minimum Gasteiger partial charge on any atom is -0.465 e. The summed E-state index contributed by atoms with van der Waals surface area (Å²) in [5.41, 5.74) is 3.63. The Balaban J connectivity index is 1.59. The first-order valence-electron chi connectivity index (χ1n) is 10.9. The fourth-order valence-electron chi connectivity index (χ4n) is 4.39. The summed E-state index contributed by atoms with van der Waals surface area (Å²) in [6, 6.07) is 17.8. The summed E-state index contributed by atoms with van der Waals surface area (Å²) in [5.74, 6) is 1.06. The molecule has 1 saturated carbocycles. The number of hydrogen-bond donors (Lipinski definition) is 4. The number of nitrogens with zero attached hydrogens (tertiary/aromatic N) is 2. The Bertz CT molecular complexity index is 1280. The lowest BCUT2D eigenvalue weighted by molar-refractivity contribution is 0.144. The fourth-order valence-corrected chi connectivity index (χ4v) is 4.39. The summed E-state index contributed by atoms with van der Waals surface area (Å²) in [6.45, 7) is 0.322. The van der Waals surface area contributed by atoms with Gasteiger partial charge >= 0.3 is 6.09 Å². The van der Waals surface area contributed by atoms with Crippen LogP contribution in [0.3, 0.4) is 0 Å². The highest BCUT2D eigenvalue weighted by Crippen LogP contribution is 2.44. The largest absolute Gasteiger partial charge is 0.465 e. The summed E-state index contributed by atoms with van der Waals surface area (Å²) in [7, 11) is 0. The average molecular weight is 444 g/mol. The Morgan fingerprint density at radius 1 is 1.06 bits per heavy atom. The van der Waals surface area contributed by atoms with Crippen LogP contribution in [-0.4, -0.2) is 39.4 Å². The number of furan rings is 1. The first-order valence-corrected chi connectivity index (χ1v) is 10.9. The summed E-state index contributed by atoms with van der Waals surface area (Å²) < 4.78 is 6.23. The molecule has 8 nitrogen and oxygen atoms in total. The van der Waals surface area contributed by atoms with Gasteiger partial charge in [-0.3, -0.25) is 0 Å². The van der Waals surface area contributed by atoms with Gasteiger partial charge in [-0.15, -0.1) is 0 Å². The lowest BCUT2D eigenvalue weighted by Crippen LogP contribution is -2.50. The maximum atomic E-state index is 11.3. The summed E-state index contributed by atoms with van der Waals surface area (Å²) in [4.78, 5) is 20.2. The highest BCUT2D eigenvalue weighted by Gasteiger charge is 2.40. The van der Waals surface area contributed by atoms with Crippen molar-refractivity contribution < 1.29 is 19.4 Å². The highest BCUT2D eigenvalue weighted by atomic mass is 16.4. The van der Waals surface area contributed by atoms with Gasteiger partial charge in [0.15, 0.2) is 0 Å². The Labute approximate surface area is 190 Å². The number of aliphatic hydroxyl groups is 1. The molecule has 1 fully saturated rings. The number of nitrogens with one attached hydrogen (secondary N) is 2. The lowest BCUT2D eigenvalue weighted by Gasteiger charge is -2.42. The number of carbonyl (C=O) groups is 1. The van der Waals surface area contributed by atoms with E-state index in [1.54, 1.807) is 6.20 Å². The van der Waals surface area contributed by atoms with E-state index in [1.165, 1.54) is 0 Å². The van der Waals surface area contributed by atoms with E-state index in [2.05, 4.69) is 20.6 Å². The molecule has 1 aliphatic carbocycles. The van der Waals surface area contributed by atoms with Crippen molar-refractivity contribution in [1.29, 1.82) is 0 Å². The van der Waals surface area contributed by atoms with Crippen LogP contribution >= 0.6 is 0 Å². The number of carboxylic acid groups (broad SMARTS) is 1. The van der Waals surface area contributed by atoms with E-state index in [0.717, 1.165) is 46.9 Å². The van der Waals surface area contributed by atoms with Gasteiger partial charge in [0.1, 0.15) is 5.76 Å². The van der Waals surface area contributed by atoms with E-state index < -0.39 is 11.6 Å². The molecule has 0 spiro atoms. The first-order chi connectivity index (χ1) is 16.1. The zero-order valence-electron chi connectivity index (χ0n) is 17.9. The van der Waals surface area contributed by atoms with Gasteiger partial charge in [0.25, 0.3) is 0 Å². The predicted octanol–water partition coefficient (Wildman–Crippen LogP) is 4.61. The van der Waals surface area contributed by atoms with Crippen LogP contribution in [0.4, 0.5) is 10.7 Å². The number of rotatable bonds is 7. The summed E-state index contributed by atoms with van der Waals surface area (Å²) >= 11 is 0. The number of hydrogen-bond acceptors (Lipinski definition) is 6. The molecule has 0 unspecified atom stereocenters. The molecule has 5 rings (SSSR count). The molecule has 8 heteroatoms. The number of anilines is 1. The van der Waals surface area contributed by atoms with E-state index in [-0.39, 0.29) is 6.61 Å². The molecule has 168 valence electrons. The third-order valence-corrected chi connectivity index (χ3v) is 6.16. The van der Waals surface area contributed by atoms with Crippen molar-refractivity contribution in [3.8, 4) is 22.5 Å². The minimum atomic E-state index is -1.01. The third kappa shape index (κ3) is 3.89.